The first kappa shape index (κ1) is 10.6. The summed E-state index contributed by atoms with van der Waals surface area (Å²) in [5, 5.41) is 27.4. The number of aliphatic hydroxyl groups is 1. The second kappa shape index (κ2) is 4.67. The fourth-order valence-corrected chi connectivity index (χ4v) is 1.09. The maximum Gasteiger partial charge on any atom is 0.160 e. The van der Waals surface area contributed by atoms with Gasteiger partial charge in [-0.05, 0) is 19.4 Å². The minimum atomic E-state index is -0.113. The Morgan fingerprint density at radius 1 is 1.36 bits per heavy atom. The third kappa shape index (κ3) is 2.50. The molecule has 0 aromatic heterocycles. The molecule has 14 heavy (non-hydrogen) atoms. The summed E-state index contributed by atoms with van der Waals surface area (Å²) in [7, 11) is 0. The number of para-hydroxylation sites is 1. The lowest BCUT2D eigenvalue weighted by atomic mass is 10.1. The van der Waals surface area contributed by atoms with E-state index in [1.807, 2.05) is 6.08 Å². The zero-order valence-corrected chi connectivity index (χ0v) is 8.07. The molecule has 0 saturated heterocycles. The Balaban J connectivity index is 2.82. The normalized spacial score (nSPS) is 11.7. The van der Waals surface area contributed by atoms with Gasteiger partial charge in [-0.3, -0.25) is 0 Å². The van der Waals surface area contributed by atoms with Gasteiger partial charge in [0.2, 0.25) is 0 Å². The van der Waals surface area contributed by atoms with Crippen LogP contribution in [0, 0.1) is 0 Å². The van der Waals surface area contributed by atoms with Crippen molar-refractivity contribution < 1.29 is 15.3 Å². The SMILES string of the molecule is C/C(=C/Cc1cccc(O)c1O)CO. The van der Waals surface area contributed by atoms with Crippen molar-refractivity contribution in [1.82, 2.24) is 0 Å². The monoisotopic (exact) mass is 194 g/mol. The molecule has 3 heteroatoms. The number of aromatic hydroxyl groups is 2. The minimum Gasteiger partial charge on any atom is -0.504 e. The average molecular weight is 194 g/mol. The fourth-order valence-electron chi connectivity index (χ4n) is 1.09. The fraction of sp³-hybridized carbons (Fsp3) is 0.273. The molecule has 0 aliphatic rings. The van der Waals surface area contributed by atoms with Gasteiger partial charge in [0.15, 0.2) is 11.5 Å². The highest BCUT2D eigenvalue weighted by Gasteiger charge is 2.03. The molecule has 0 saturated carbocycles. The summed E-state index contributed by atoms with van der Waals surface area (Å²) >= 11 is 0. The van der Waals surface area contributed by atoms with Crippen molar-refractivity contribution in [3.63, 3.8) is 0 Å². The van der Waals surface area contributed by atoms with Gasteiger partial charge in [0.1, 0.15) is 0 Å². The van der Waals surface area contributed by atoms with Gasteiger partial charge in [-0.1, -0.05) is 23.8 Å². The van der Waals surface area contributed by atoms with Crippen molar-refractivity contribution in [1.29, 1.82) is 0 Å². The van der Waals surface area contributed by atoms with Gasteiger partial charge in [0, 0.05) is 5.56 Å². The maximum absolute atomic E-state index is 9.44. The molecular weight excluding hydrogens is 180 g/mol. The van der Waals surface area contributed by atoms with E-state index in [1.54, 1.807) is 19.1 Å². The number of hydrogen-bond acceptors (Lipinski definition) is 3. The Labute approximate surface area is 82.9 Å². The first-order valence-electron chi connectivity index (χ1n) is 4.41. The van der Waals surface area contributed by atoms with Crippen LogP contribution in [0.5, 0.6) is 11.5 Å². The van der Waals surface area contributed by atoms with E-state index < -0.39 is 0 Å². The predicted octanol–water partition coefficient (Wildman–Crippen LogP) is 1.58. The Hall–Kier alpha value is -1.48. The van der Waals surface area contributed by atoms with Crippen LogP contribution in [0.2, 0.25) is 0 Å². The summed E-state index contributed by atoms with van der Waals surface area (Å²) in [6.45, 7) is 1.82. The van der Waals surface area contributed by atoms with Crippen LogP contribution in [-0.4, -0.2) is 21.9 Å². The molecule has 1 aromatic rings. The quantitative estimate of drug-likeness (QED) is 0.505. The first-order chi connectivity index (χ1) is 6.65. The van der Waals surface area contributed by atoms with E-state index in [2.05, 4.69) is 0 Å². The van der Waals surface area contributed by atoms with Gasteiger partial charge in [-0.15, -0.1) is 0 Å². The topological polar surface area (TPSA) is 60.7 Å². The molecule has 0 bridgehead atoms. The molecule has 0 atom stereocenters. The van der Waals surface area contributed by atoms with E-state index in [1.165, 1.54) is 6.07 Å². The molecule has 3 N–H and O–H groups in total. The molecule has 0 aliphatic heterocycles. The predicted molar refractivity (Wildman–Crippen MR) is 54.3 cm³/mol. The second-order valence-corrected chi connectivity index (χ2v) is 3.20. The van der Waals surface area contributed by atoms with Crippen molar-refractivity contribution >= 4 is 0 Å². The molecule has 76 valence electrons. The molecule has 1 aromatic carbocycles. The van der Waals surface area contributed by atoms with Crippen molar-refractivity contribution in [3.8, 4) is 11.5 Å². The van der Waals surface area contributed by atoms with E-state index in [4.69, 9.17) is 5.11 Å². The highest BCUT2D eigenvalue weighted by molar-refractivity contribution is 5.45. The molecule has 0 aliphatic carbocycles. The van der Waals surface area contributed by atoms with E-state index in [0.29, 0.717) is 12.0 Å². The van der Waals surface area contributed by atoms with Crippen molar-refractivity contribution in [2.45, 2.75) is 13.3 Å². The molecule has 3 nitrogen and oxygen atoms in total. The first-order valence-corrected chi connectivity index (χ1v) is 4.41. The molecule has 0 spiro atoms. The van der Waals surface area contributed by atoms with Crippen molar-refractivity contribution in [3.05, 3.63) is 35.4 Å². The van der Waals surface area contributed by atoms with Crippen molar-refractivity contribution in [2.24, 2.45) is 0 Å². The standard InChI is InChI=1S/C11H14O3/c1-8(7-12)5-6-9-3-2-4-10(13)11(9)14/h2-5,12-14H,6-7H2,1H3/b8-5-. The third-order valence-electron chi connectivity index (χ3n) is 2.02. The lowest BCUT2D eigenvalue weighted by Gasteiger charge is -2.03. The van der Waals surface area contributed by atoms with Crippen LogP contribution in [0.1, 0.15) is 12.5 Å². The lowest BCUT2D eigenvalue weighted by Crippen LogP contribution is -1.88. The number of phenolic OH excluding ortho intramolecular Hbond substituents is 2. The number of rotatable bonds is 3. The van der Waals surface area contributed by atoms with Gasteiger partial charge >= 0.3 is 0 Å². The van der Waals surface area contributed by atoms with Crippen LogP contribution >= 0.6 is 0 Å². The zero-order chi connectivity index (χ0) is 10.6. The van der Waals surface area contributed by atoms with Crippen LogP contribution in [0.3, 0.4) is 0 Å². The molecule has 0 amide bonds. The van der Waals surface area contributed by atoms with Crippen LogP contribution < -0.4 is 0 Å². The Morgan fingerprint density at radius 2 is 2.07 bits per heavy atom. The highest BCUT2D eigenvalue weighted by Crippen LogP contribution is 2.28. The van der Waals surface area contributed by atoms with Gasteiger partial charge in [0.05, 0.1) is 6.61 Å². The Bertz CT molecular complexity index is 342. The zero-order valence-electron chi connectivity index (χ0n) is 8.07. The van der Waals surface area contributed by atoms with Crippen LogP contribution in [0.15, 0.2) is 29.8 Å². The van der Waals surface area contributed by atoms with Crippen LogP contribution in [-0.2, 0) is 6.42 Å². The second-order valence-electron chi connectivity index (χ2n) is 3.20. The summed E-state index contributed by atoms with van der Waals surface area (Å²) in [5.74, 6) is -0.202. The minimum absolute atomic E-state index is 0.0135. The summed E-state index contributed by atoms with van der Waals surface area (Å²) < 4.78 is 0. The number of benzene rings is 1. The summed E-state index contributed by atoms with van der Waals surface area (Å²) in [6, 6.07) is 4.84. The highest BCUT2D eigenvalue weighted by atomic mass is 16.3. The summed E-state index contributed by atoms with van der Waals surface area (Å²) in [5.41, 5.74) is 1.49. The largest absolute Gasteiger partial charge is 0.504 e. The van der Waals surface area contributed by atoms with Crippen molar-refractivity contribution in [2.75, 3.05) is 6.61 Å². The number of allylic oxidation sites excluding steroid dienone is 1. The molecule has 0 radical (unpaired) electrons. The maximum atomic E-state index is 9.44. The van der Waals surface area contributed by atoms with Crippen LogP contribution in [0.4, 0.5) is 0 Å². The third-order valence-corrected chi connectivity index (χ3v) is 2.02. The van der Waals surface area contributed by atoms with E-state index in [-0.39, 0.29) is 18.1 Å². The molecule has 1 rings (SSSR count). The van der Waals surface area contributed by atoms with Gasteiger partial charge in [-0.2, -0.15) is 0 Å². The van der Waals surface area contributed by atoms with Gasteiger partial charge in [0.25, 0.3) is 0 Å². The molecule has 0 unspecified atom stereocenters. The van der Waals surface area contributed by atoms with E-state index in [9.17, 15) is 10.2 Å². The summed E-state index contributed by atoms with van der Waals surface area (Å²) in [4.78, 5) is 0. The molecule has 0 fully saturated rings. The Morgan fingerprint density at radius 3 is 2.71 bits per heavy atom. The molecular formula is C11H14O3. The summed E-state index contributed by atoms with van der Waals surface area (Å²) in [6.07, 6.45) is 2.32. The van der Waals surface area contributed by atoms with E-state index >= 15 is 0 Å². The van der Waals surface area contributed by atoms with Crippen LogP contribution in [0.25, 0.3) is 0 Å². The Kier molecular flexibility index (Phi) is 3.54. The average Bonchev–Trinajstić information content (AvgIpc) is 2.20. The van der Waals surface area contributed by atoms with Gasteiger partial charge < -0.3 is 15.3 Å². The van der Waals surface area contributed by atoms with E-state index in [0.717, 1.165) is 5.57 Å². The lowest BCUT2D eigenvalue weighted by molar-refractivity contribution is 0.331. The number of hydrogen-bond donors (Lipinski definition) is 3. The molecule has 0 heterocycles. The smallest absolute Gasteiger partial charge is 0.160 e. The number of phenols is 2. The van der Waals surface area contributed by atoms with Gasteiger partial charge in [-0.25, -0.2) is 0 Å². The number of aliphatic hydroxyl groups excluding tert-OH is 1.